The van der Waals surface area contributed by atoms with E-state index in [2.05, 4.69) is 13.8 Å². The highest BCUT2D eigenvalue weighted by molar-refractivity contribution is 5.23. The van der Waals surface area contributed by atoms with Crippen LogP contribution in [0, 0.1) is 17.6 Å². The first-order chi connectivity index (χ1) is 8.47. The molecule has 2 rings (SSSR count). The summed E-state index contributed by atoms with van der Waals surface area (Å²) in [4.78, 5) is 2.03. The summed E-state index contributed by atoms with van der Waals surface area (Å²) in [7, 11) is 0. The first-order valence-corrected chi connectivity index (χ1v) is 6.34. The van der Waals surface area contributed by atoms with Gasteiger partial charge < -0.3 is 5.11 Å². The minimum Gasteiger partial charge on any atom is -0.392 e. The number of benzene rings is 1. The van der Waals surface area contributed by atoms with Crippen molar-refractivity contribution in [1.82, 2.24) is 4.90 Å². The van der Waals surface area contributed by atoms with Crippen LogP contribution in [0.5, 0.6) is 0 Å². The maximum atomic E-state index is 13.8. The molecule has 0 saturated carbocycles. The van der Waals surface area contributed by atoms with Gasteiger partial charge in [-0.1, -0.05) is 13.8 Å². The number of hydrogen-bond donors (Lipinski definition) is 1. The Morgan fingerprint density at radius 2 is 2.11 bits per heavy atom. The molecular formula is C14H19F2NO. The van der Waals surface area contributed by atoms with E-state index in [1.807, 2.05) is 4.90 Å². The van der Waals surface area contributed by atoms with E-state index in [0.717, 1.165) is 18.7 Å². The fourth-order valence-electron chi connectivity index (χ4n) is 2.64. The molecule has 0 radical (unpaired) electrons. The molecule has 2 atom stereocenters. The third-order valence-electron chi connectivity index (χ3n) is 3.30. The molecule has 18 heavy (non-hydrogen) atoms. The van der Waals surface area contributed by atoms with E-state index in [-0.39, 0.29) is 6.04 Å². The highest BCUT2D eigenvalue weighted by Crippen LogP contribution is 2.34. The number of nitrogens with zero attached hydrogens (tertiary/aromatic N) is 1. The second-order valence-electron chi connectivity index (χ2n) is 5.42. The molecule has 1 aromatic carbocycles. The highest BCUT2D eigenvalue weighted by Gasteiger charge is 2.33. The normalized spacial score (nSPS) is 25.0. The van der Waals surface area contributed by atoms with Gasteiger partial charge in [-0.2, -0.15) is 0 Å². The van der Waals surface area contributed by atoms with Gasteiger partial charge in [-0.05, 0) is 30.5 Å². The first kappa shape index (κ1) is 13.4. The number of aliphatic hydroxyl groups excluding tert-OH is 1. The van der Waals surface area contributed by atoms with Crippen molar-refractivity contribution in [2.45, 2.75) is 32.4 Å². The molecule has 0 aromatic heterocycles. The van der Waals surface area contributed by atoms with E-state index < -0.39 is 17.7 Å². The molecule has 2 unspecified atom stereocenters. The zero-order valence-electron chi connectivity index (χ0n) is 10.7. The van der Waals surface area contributed by atoms with Crippen molar-refractivity contribution in [3.8, 4) is 0 Å². The van der Waals surface area contributed by atoms with E-state index in [1.54, 1.807) is 0 Å². The van der Waals surface area contributed by atoms with Crippen LogP contribution in [-0.4, -0.2) is 29.2 Å². The van der Waals surface area contributed by atoms with Gasteiger partial charge in [-0.25, -0.2) is 8.78 Å². The number of β-amino-alcohol motifs (C(OH)–C–C–N with tert-alkyl or cyclic N) is 1. The molecule has 1 N–H and O–H groups in total. The fourth-order valence-corrected chi connectivity index (χ4v) is 2.64. The van der Waals surface area contributed by atoms with Crippen molar-refractivity contribution >= 4 is 0 Å². The van der Waals surface area contributed by atoms with Crippen LogP contribution < -0.4 is 0 Å². The first-order valence-electron chi connectivity index (χ1n) is 6.34. The Kier molecular flexibility index (Phi) is 3.97. The molecule has 0 spiro atoms. The predicted octanol–water partition coefficient (Wildman–Crippen LogP) is 2.73. The van der Waals surface area contributed by atoms with Crippen LogP contribution in [0.4, 0.5) is 8.78 Å². The van der Waals surface area contributed by atoms with Gasteiger partial charge in [-0.15, -0.1) is 0 Å². The third kappa shape index (κ3) is 2.87. The largest absolute Gasteiger partial charge is 0.392 e. The second kappa shape index (κ2) is 5.33. The lowest BCUT2D eigenvalue weighted by Crippen LogP contribution is -2.29. The lowest BCUT2D eigenvalue weighted by molar-refractivity contribution is 0.168. The zero-order valence-corrected chi connectivity index (χ0v) is 10.7. The van der Waals surface area contributed by atoms with E-state index >= 15 is 0 Å². The van der Waals surface area contributed by atoms with Gasteiger partial charge in [0, 0.05) is 24.7 Å². The van der Waals surface area contributed by atoms with Crippen LogP contribution in [0.1, 0.15) is 31.9 Å². The molecule has 0 bridgehead atoms. The quantitative estimate of drug-likeness (QED) is 0.897. The third-order valence-corrected chi connectivity index (χ3v) is 3.30. The lowest BCUT2D eigenvalue weighted by atomic mass is 10.0. The van der Waals surface area contributed by atoms with E-state index in [4.69, 9.17) is 0 Å². The summed E-state index contributed by atoms with van der Waals surface area (Å²) < 4.78 is 27.0. The van der Waals surface area contributed by atoms with Crippen LogP contribution in [0.2, 0.25) is 0 Å². The summed E-state index contributed by atoms with van der Waals surface area (Å²) in [6.07, 6.45) is 0.00372. The summed E-state index contributed by atoms with van der Waals surface area (Å²) in [5, 5.41) is 9.75. The fraction of sp³-hybridized carbons (Fsp3) is 0.571. The zero-order chi connectivity index (χ0) is 13.3. The van der Waals surface area contributed by atoms with E-state index in [9.17, 15) is 13.9 Å². The molecule has 1 aromatic rings. The number of hydrogen-bond acceptors (Lipinski definition) is 2. The Bertz CT molecular complexity index is 422. The van der Waals surface area contributed by atoms with E-state index in [0.29, 0.717) is 24.4 Å². The second-order valence-corrected chi connectivity index (χ2v) is 5.42. The predicted molar refractivity (Wildman–Crippen MR) is 66.1 cm³/mol. The number of halogens is 2. The Balaban J connectivity index is 2.26. The maximum Gasteiger partial charge on any atom is 0.128 e. The highest BCUT2D eigenvalue weighted by atomic mass is 19.1. The average Bonchev–Trinajstić information content (AvgIpc) is 2.62. The van der Waals surface area contributed by atoms with Crippen molar-refractivity contribution in [1.29, 1.82) is 0 Å². The molecule has 1 aliphatic heterocycles. The Labute approximate surface area is 106 Å². The molecule has 1 heterocycles. The maximum absolute atomic E-state index is 13.8. The molecule has 0 amide bonds. The summed E-state index contributed by atoms with van der Waals surface area (Å²) in [5.74, 6) is -0.407. The van der Waals surface area contributed by atoms with Crippen molar-refractivity contribution in [2.75, 3.05) is 13.1 Å². The molecule has 1 fully saturated rings. The Morgan fingerprint density at radius 3 is 2.78 bits per heavy atom. The molecule has 100 valence electrons. The van der Waals surface area contributed by atoms with Crippen molar-refractivity contribution in [3.63, 3.8) is 0 Å². The van der Waals surface area contributed by atoms with Gasteiger partial charge in [0.2, 0.25) is 0 Å². The molecule has 0 aliphatic carbocycles. The molecule has 1 saturated heterocycles. The standard InChI is InChI=1S/C14H19F2NO/c1-9(2)7-17-8-11(18)6-14(17)12-5-10(15)3-4-13(12)16/h3-5,9,11,14,18H,6-8H2,1-2H3. The molecule has 4 heteroatoms. The molecule has 2 nitrogen and oxygen atoms in total. The van der Waals surface area contributed by atoms with Crippen LogP contribution in [-0.2, 0) is 0 Å². The number of rotatable bonds is 3. The van der Waals surface area contributed by atoms with Crippen LogP contribution >= 0.6 is 0 Å². The summed E-state index contributed by atoms with van der Waals surface area (Å²) in [6.45, 7) is 5.45. The minimum atomic E-state index is -0.462. The summed E-state index contributed by atoms with van der Waals surface area (Å²) in [5.41, 5.74) is 0.354. The summed E-state index contributed by atoms with van der Waals surface area (Å²) >= 11 is 0. The van der Waals surface area contributed by atoms with Crippen LogP contribution in [0.25, 0.3) is 0 Å². The van der Waals surface area contributed by atoms with Gasteiger partial charge >= 0.3 is 0 Å². The van der Waals surface area contributed by atoms with Gasteiger partial charge in [0.1, 0.15) is 11.6 Å². The Hall–Kier alpha value is -1.00. The van der Waals surface area contributed by atoms with E-state index in [1.165, 1.54) is 6.07 Å². The Morgan fingerprint density at radius 1 is 1.39 bits per heavy atom. The smallest absolute Gasteiger partial charge is 0.128 e. The van der Waals surface area contributed by atoms with Crippen LogP contribution in [0.3, 0.4) is 0 Å². The topological polar surface area (TPSA) is 23.5 Å². The monoisotopic (exact) mass is 255 g/mol. The lowest BCUT2D eigenvalue weighted by Gasteiger charge is -2.26. The van der Waals surface area contributed by atoms with Crippen LogP contribution in [0.15, 0.2) is 18.2 Å². The summed E-state index contributed by atoms with van der Waals surface area (Å²) in [6, 6.07) is 3.30. The minimum absolute atomic E-state index is 0.224. The van der Waals surface area contributed by atoms with Gasteiger partial charge in [-0.3, -0.25) is 4.90 Å². The van der Waals surface area contributed by atoms with Gasteiger partial charge in [0.15, 0.2) is 0 Å². The van der Waals surface area contributed by atoms with Crippen molar-refractivity contribution in [3.05, 3.63) is 35.4 Å². The van der Waals surface area contributed by atoms with Crippen molar-refractivity contribution in [2.24, 2.45) is 5.92 Å². The van der Waals surface area contributed by atoms with Crippen molar-refractivity contribution < 1.29 is 13.9 Å². The number of likely N-dealkylation sites (tertiary alicyclic amines) is 1. The molecular weight excluding hydrogens is 236 g/mol. The SMILES string of the molecule is CC(C)CN1CC(O)CC1c1cc(F)ccc1F. The van der Waals surface area contributed by atoms with Gasteiger partial charge in [0.25, 0.3) is 0 Å². The molecule has 1 aliphatic rings. The average molecular weight is 255 g/mol. The van der Waals surface area contributed by atoms with Gasteiger partial charge in [0.05, 0.1) is 6.10 Å². The number of aliphatic hydroxyl groups is 1.